The van der Waals surface area contributed by atoms with Crippen molar-refractivity contribution in [2.24, 2.45) is 0 Å². The van der Waals surface area contributed by atoms with Crippen LogP contribution in [0.5, 0.6) is 0 Å². The van der Waals surface area contributed by atoms with E-state index in [-0.39, 0.29) is 24.4 Å². The number of morpholine rings is 1. The van der Waals surface area contributed by atoms with Crippen LogP contribution in [0.1, 0.15) is 18.1 Å². The summed E-state index contributed by atoms with van der Waals surface area (Å²) in [6.07, 6.45) is 0.447. The van der Waals surface area contributed by atoms with Crippen LogP contribution >= 0.6 is 35.8 Å². The molecule has 0 aromatic heterocycles. The van der Waals surface area contributed by atoms with Crippen LogP contribution in [0, 0.1) is 0 Å². The highest BCUT2D eigenvalue weighted by Crippen LogP contribution is 2.28. The molecule has 2 aliphatic heterocycles. The molecule has 0 radical (unpaired) electrons. The Labute approximate surface area is 152 Å². The van der Waals surface area contributed by atoms with Gasteiger partial charge in [-0.15, -0.1) is 12.4 Å². The van der Waals surface area contributed by atoms with Crippen molar-refractivity contribution in [1.82, 2.24) is 10.2 Å². The van der Waals surface area contributed by atoms with Gasteiger partial charge >= 0.3 is 0 Å². The Morgan fingerprint density at radius 2 is 2.26 bits per heavy atom. The number of hydrogen-bond donors (Lipinski definition) is 1. The maximum Gasteiger partial charge on any atom is 0.224 e. The molecule has 2 heterocycles. The van der Waals surface area contributed by atoms with Gasteiger partial charge in [-0.2, -0.15) is 11.8 Å². The van der Waals surface area contributed by atoms with Crippen LogP contribution in [0.2, 0.25) is 5.02 Å². The summed E-state index contributed by atoms with van der Waals surface area (Å²) in [5.41, 5.74) is 0.966. The zero-order valence-electron chi connectivity index (χ0n) is 12.9. The van der Waals surface area contributed by atoms with E-state index in [0.29, 0.717) is 37.2 Å². The summed E-state index contributed by atoms with van der Waals surface area (Å²) in [6, 6.07) is 8.00. The molecule has 3 rings (SSSR count). The summed E-state index contributed by atoms with van der Waals surface area (Å²) in [4.78, 5) is 14.4. The van der Waals surface area contributed by atoms with E-state index in [1.807, 2.05) is 40.9 Å². The van der Waals surface area contributed by atoms with Crippen molar-refractivity contribution in [3.05, 3.63) is 34.9 Å². The van der Waals surface area contributed by atoms with Gasteiger partial charge in [0.25, 0.3) is 0 Å². The van der Waals surface area contributed by atoms with E-state index in [0.717, 1.165) is 23.6 Å². The van der Waals surface area contributed by atoms with E-state index in [9.17, 15) is 4.79 Å². The molecule has 1 aromatic carbocycles. The molecule has 0 bridgehead atoms. The monoisotopic (exact) mass is 376 g/mol. The number of thioether (sulfide) groups is 1. The first-order valence-corrected chi connectivity index (χ1v) is 9.22. The number of amides is 1. The van der Waals surface area contributed by atoms with Gasteiger partial charge in [-0.25, -0.2) is 0 Å². The molecule has 4 nitrogen and oxygen atoms in total. The fourth-order valence-electron chi connectivity index (χ4n) is 2.89. The molecule has 23 heavy (non-hydrogen) atoms. The van der Waals surface area contributed by atoms with Gasteiger partial charge in [0, 0.05) is 47.6 Å². The molecule has 128 valence electrons. The molecule has 7 heteroatoms. The molecule has 2 fully saturated rings. The zero-order valence-corrected chi connectivity index (χ0v) is 15.3. The van der Waals surface area contributed by atoms with Crippen molar-refractivity contribution in [3.63, 3.8) is 0 Å². The lowest BCUT2D eigenvalue weighted by Crippen LogP contribution is -2.46. The number of carbonyl (C=O) groups is 1. The standard InChI is InChI=1S/C16H21ClN2O2S.ClH/c17-14-4-2-1-3-13(14)15-10-19(6-7-21-15)16(20)9-12-11-22-8-5-18-12;/h1-4,12,15,18H,5-11H2;1H. The average Bonchev–Trinajstić information content (AvgIpc) is 2.56. The molecule has 0 spiro atoms. The first-order valence-electron chi connectivity index (χ1n) is 7.69. The summed E-state index contributed by atoms with van der Waals surface area (Å²) >= 11 is 8.16. The molecule has 0 saturated carbocycles. The number of ether oxygens (including phenoxy) is 1. The Morgan fingerprint density at radius 3 is 3.00 bits per heavy atom. The largest absolute Gasteiger partial charge is 0.370 e. The van der Waals surface area contributed by atoms with Crippen molar-refractivity contribution >= 4 is 41.7 Å². The third-order valence-electron chi connectivity index (χ3n) is 4.09. The minimum Gasteiger partial charge on any atom is -0.370 e. The summed E-state index contributed by atoms with van der Waals surface area (Å²) in [5, 5.41) is 4.12. The van der Waals surface area contributed by atoms with Crippen molar-refractivity contribution in [2.45, 2.75) is 18.6 Å². The number of carbonyl (C=O) groups excluding carboxylic acids is 1. The second-order valence-corrected chi connectivity index (χ2v) is 7.21. The maximum absolute atomic E-state index is 12.5. The van der Waals surface area contributed by atoms with Gasteiger partial charge in [-0.05, 0) is 6.07 Å². The molecule has 1 amide bonds. The highest BCUT2D eigenvalue weighted by molar-refractivity contribution is 7.99. The number of rotatable bonds is 3. The van der Waals surface area contributed by atoms with Crippen molar-refractivity contribution in [1.29, 1.82) is 0 Å². The third-order valence-corrected chi connectivity index (χ3v) is 5.57. The SMILES string of the molecule is Cl.O=C(CC1CSCCN1)N1CCOC(c2ccccc2Cl)C1. The molecule has 2 aliphatic rings. The average molecular weight is 377 g/mol. The Kier molecular flexibility index (Phi) is 7.50. The van der Waals surface area contributed by atoms with E-state index in [2.05, 4.69) is 5.32 Å². The second kappa shape index (κ2) is 9.14. The van der Waals surface area contributed by atoms with Gasteiger partial charge in [0.1, 0.15) is 6.10 Å². The van der Waals surface area contributed by atoms with Gasteiger partial charge in [-0.3, -0.25) is 4.79 Å². The topological polar surface area (TPSA) is 41.6 Å². The van der Waals surface area contributed by atoms with E-state index >= 15 is 0 Å². The molecule has 1 aromatic rings. The summed E-state index contributed by atoms with van der Waals surface area (Å²) in [6.45, 7) is 2.81. The number of halogens is 2. The molecule has 2 unspecified atom stereocenters. The highest BCUT2D eigenvalue weighted by Gasteiger charge is 2.28. The number of nitrogens with zero attached hydrogens (tertiary/aromatic N) is 1. The predicted octanol–water partition coefficient (Wildman–Crippen LogP) is 2.76. The Morgan fingerprint density at radius 1 is 1.43 bits per heavy atom. The zero-order chi connectivity index (χ0) is 15.4. The normalized spacial score (nSPS) is 24.8. The van der Waals surface area contributed by atoms with Crippen LogP contribution in [0.3, 0.4) is 0 Å². The van der Waals surface area contributed by atoms with E-state index in [1.165, 1.54) is 0 Å². The molecule has 1 N–H and O–H groups in total. The van der Waals surface area contributed by atoms with Gasteiger partial charge in [0.2, 0.25) is 5.91 Å². The predicted molar refractivity (Wildman–Crippen MR) is 97.7 cm³/mol. The number of nitrogens with one attached hydrogen (secondary N) is 1. The van der Waals surface area contributed by atoms with Crippen LogP contribution < -0.4 is 5.32 Å². The van der Waals surface area contributed by atoms with Crippen LogP contribution in [-0.2, 0) is 9.53 Å². The smallest absolute Gasteiger partial charge is 0.224 e. The van der Waals surface area contributed by atoms with E-state index in [1.54, 1.807) is 0 Å². The maximum atomic E-state index is 12.5. The fourth-order valence-corrected chi connectivity index (χ4v) is 4.10. The van der Waals surface area contributed by atoms with Gasteiger partial charge < -0.3 is 15.0 Å². The Hall–Kier alpha value is -0.460. The molecular weight excluding hydrogens is 355 g/mol. The molecular formula is C16H22Cl2N2O2S. The first-order chi connectivity index (χ1) is 10.7. The van der Waals surface area contributed by atoms with E-state index < -0.39 is 0 Å². The van der Waals surface area contributed by atoms with Crippen LogP contribution in [0.15, 0.2) is 24.3 Å². The van der Waals surface area contributed by atoms with Crippen LogP contribution in [0.4, 0.5) is 0 Å². The highest BCUT2D eigenvalue weighted by atomic mass is 35.5. The quantitative estimate of drug-likeness (QED) is 0.880. The van der Waals surface area contributed by atoms with Crippen molar-refractivity contribution in [2.75, 3.05) is 37.7 Å². The molecule has 0 aliphatic carbocycles. The molecule has 2 atom stereocenters. The van der Waals surface area contributed by atoms with Gasteiger partial charge in [-0.1, -0.05) is 29.8 Å². The number of benzene rings is 1. The van der Waals surface area contributed by atoms with Crippen molar-refractivity contribution in [3.8, 4) is 0 Å². The van der Waals surface area contributed by atoms with E-state index in [4.69, 9.17) is 16.3 Å². The minimum absolute atomic E-state index is 0. The van der Waals surface area contributed by atoms with Crippen LogP contribution in [-0.4, -0.2) is 54.6 Å². The second-order valence-electron chi connectivity index (χ2n) is 5.65. The number of hydrogen-bond acceptors (Lipinski definition) is 4. The summed E-state index contributed by atoms with van der Waals surface area (Å²) in [7, 11) is 0. The Bertz CT molecular complexity index is 527. The van der Waals surface area contributed by atoms with Crippen LogP contribution in [0.25, 0.3) is 0 Å². The first kappa shape index (κ1) is 18.9. The summed E-state index contributed by atoms with van der Waals surface area (Å²) < 4.78 is 5.82. The lowest BCUT2D eigenvalue weighted by atomic mass is 10.1. The summed E-state index contributed by atoms with van der Waals surface area (Å²) in [5.74, 6) is 2.36. The third kappa shape index (κ3) is 5.00. The van der Waals surface area contributed by atoms with Gasteiger partial charge in [0.15, 0.2) is 0 Å². The van der Waals surface area contributed by atoms with Gasteiger partial charge in [0.05, 0.1) is 13.2 Å². The lowest BCUT2D eigenvalue weighted by molar-refractivity contribution is -0.139. The van der Waals surface area contributed by atoms with Crippen molar-refractivity contribution < 1.29 is 9.53 Å². The fraction of sp³-hybridized carbons (Fsp3) is 0.562. The lowest BCUT2D eigenvalue weighted by Gasteiger charge is -2.34. The molecule has 2 saturated heterocycles. The Balaban J connectivity index is 0.00000192. The minimum atomic E-state index is -0.125.